The summed E-state index contributed by atoms with van der Waals surface area (Å²) in [4.78, 5) is 15.3. The van der Waals surface area contributed by atoms with Crippen LogP contribution in [0.25, 0.3) is 11.1 Å². The number of rotatable bonds is 5. The van der Waals surface area contributed by atoms with Gasteiger partial charge in [0.2, 0.25) is 9.84 Å². The molecule has 3 rings (SSSR count). The largest absolute Gasteiger partial charge is 0.478 e. The van der Waals surface area contributed by atoms with E-state index in [1.165, 1.54) is 17.5 Å². The topological polar surface area (TPSA) is 110 Å². The van der Waals surface area contributed by atoms with Gasteiger partial charge in [0.05, 0.1) is 10.5 Å². The van der Waals surface area contributed by atoms with Crippen molar-refractivity contribution >= 4 is 52.0 Å². The maximum atomic E-state index is 12.8. The molecular weight excluding hydrogens is 431 g/mol. The van der Waals surface area contributed by atoms with E-state index in [1.54, 1.807) is 24.3 Å². The van der Waals surface area contributed by atoms with Crippen LogP contribution in [0.5, 0.6) is 0 Å². The number of carbonyl (C=O) groups is 1. The molecule has 144 valence electrons. The Hall–Kier alpha value is -1.97. The number of hydrogen-bond donors (Lipinski definition) is 2. The van der Waals surface area contributed by atoms with Gasteiger partial charge >= 0.3 is 5.97 Å². The van der Waals surface area contributed by atoms with Crippen molar-refractivity contribution in [3.05, 3.63) is 64.5 Å². The quantitative estimate of drug-likeness (QED) is 0.618. The van der Waals surface area contributed by atoms with E-state index in [2.05, 4.69) is 4.98 Å². The molecule has 0 aliphatic carbocycles. The van der Waals surface area contributed by atoms with E-state index in [1.807, 2.05) is 6.07 Å². The highest BCUT2D eigenvalue weighted by Crippen LogP contribution is 2.29. The summed E-state index contributed by atoms with van der Waals surface area (Å²) in [5, 5.41) is 11.1. The second-order valence-corrected chi connectivity index (χ2v) is 8.04. The van der Waals surface area contributed by atoms with Gasteiger partial charge in [-0.05, 0) is 29.3 Å². The Bertz CT molecular complexity index is 1040. The molecule has 0 atom stereocenters. The fourth-order valence-electron chi connectivity index (χ4n) is 2.31. The number of carboxylic acid groups (broad SMARTS) is 1. The van der Waals surface area contributed by atoms with Crippen molar-refractivity contribution in [1.82, 2.24) is 4.98 Å². The van der Waals surface area contributed by atoms with Crippen LogP contribution in [0.15, 0.2) is 63.8 Å². The van der Waals surface area contributed by atoms with Crippen LogP contribution in [0.4, 0.5) is 0 Å². The van der Waals surface area contributed by atoms with Crippen LogP contribution in [0.2, 0.25) is 0 Å². The second kappa shape index (κ2) is 9.29. The first-order valence-corrected chi connectivity index (χ1v) is 9.61. The summed E-state index contributed by atoms with van der Waals surface area (Å²) in [5.74, 6) is -1.20. The highest BCUT2D eigenvalue weighted by molar-refractivity contribution is 7.91. The zero-order valence-corrected chi connectivity index (χ0v) is 17.0. The highest BCUT2D eigenvalue weighted by Gasteiger charge is 2.23. The van der Waals surface area contributed by atoms with E-state index >= 15 is 0 Å². The molecule has 3 N–H and O–H groups in total. The molecule has 0 spiro atoms. The minimum Gasteiger partial charge on any atom is -0.478 e. The number of aromatic carboxylic acids is 1. The normalized spacial score (nSPS) is 10.6. The van der Waals surface area contributed by atoms with Crippen molar-refractivity contribution in [1.29, 1.82) is 0 Å². The van der Waals surface area contributed by atoms with Crippen LogP contribution in [-0.4, -0.2) is 24.5 Å². The summed E-state index contributed by atoms with van der Waals surface area (Å²) >= 11 is 1.15. The molecule has 0 radical (unpaired) electrons. The number of nitrogens with zero attached hydrogens (tertiary/aromatic N) is 1. The number of aromatic nitrogens is 1. The minimum absolute atomic E-state index is 0. The van der Waals surface area contributed by atoms with Gasteiger partial charge in [-0.1, -0.05) is 30.3 Å². The Morgan fingerprint density at radius 2 is 1.74 bits per heavy atom. The van der Waals surface area contributed by atoms with Gasteiger partial charge in [-0.2, -0.15) is 0 Å². The summed E-state index contributed by atoms with van der Waals surface area (Å²) < 4.78 is 25.7. The maximum Gasteiger partial charge on any atom is 0.335 e. The molecule has 1 aromatic heterocycles. The van der Waals surface area contributed by atoms with Gasteiger partial charge in [-0.15, -0.1) is 36.2 Å². The summed E-state index contributed by atoms with van der Waals surface area (Å²) in [6.07, 6.45) is 0. The predicted molar refractivity (Wildman–Crippen MR) is 109 cm³/mol. The lowest BCUT2D eigenvalue weighted by Crippen LogP contribution is -2.06. The standard InChI is InChI=1S/C17H14N2O4S2.2ClH/c18-9-15-19-16(10-24-15)25(22,23)14-7-12(6-13(8-14)17(20)21)11-4-2-1-3-5-11;;/h1-8,10H,9,18H2,(H,20,21);2*1H. The fourth-order valence-corrected chi connectivity index (χ4v) is 4.59. The molecular formula is C17H16Cl2N2O4S2. The molecule has 10 heteroatoms. The number of sulfone groups is 1. The SMILES string of the molecule is Cl.Cl.NCc1nc(S(=O)(=O)c2cc(C(=O)O)cc(-c3ccccc3)c2)cs1. The molecule has 2 aromatic carbocycles. The molecule has 1 heterocycles. The Morgan fingerprint density at radius 3 is 2.30 bits per heavy atom. The van der Waals surface area contributed by atoms with Gasteiger partial charge in [0.25, 0.3) is 0 Å². The Labute approximate surface area is 172 Å². The minimum atomic E-state index is -3.93. The average Bonchev–Trinajstić information content (AvgIpc) is 3.12. The third-order valence-corrected chi connectivity index (χ3v) is 6.19. The summed E-state index contributed by atoms with van der Waals surface area (Å²) in [5.41, 5.74) is 6.61. The molecule has 0 aliphatic heterocycles. The monoisotopic (exact) mass is 446 g/mol. The van der Waals surface area contributed by atoms with E-state index in [0.717, 1.165) is 23.0 Å². The molecule has 3 aromatic rings. The zero-order chi connectivity index (χ0) is 18.0. The highest BCUT2D eigenvalue weighted by atomic mass is 35.5. The van der Waals surface area contributed by atoms with Crippen molar-refractivity contribution in [3.8, 4) is 11.1 Å². The Balaban J connectivity index is 0.00000182. The summed E-state index contributed by atoms with van der Waals surface area (Å²) in [7, 11) is -3.93. The molecule has 0 saturated carbocycles. The first-order valence-electron chi connectivity index (χ1n) is 7.25. The van der Waals surface area contributed by atoms with E-state index in [4.69, 9.17) is 5.73 Å². The second-order valence-electron chi connectivity index (χ2n) is 5.20. The van der Waals surface area contributed by atoms with Crippen LogP contribution >= 0.6 is 36.2 Å². The third-order valence-electron chi connectivity index (χ3n) is 3.55. The van der Waals surface area contributed by atoms with Crippen LogP contribution < -0.4 is 5.73 Å². The van der Waals surface area contributed by atoms with Gasteiger partial charge in [-0.25, -0.2) is 18.2 Å². The smallest absolute Gasteiger partial charge is 0.335 e. The van der Waals surface area contributed by atoms with Crippen LogP contribution in [0, 0.1) is 0 Å². The van der Waals surface area contributed by atoms with Gasteiger partial charge < -0.3 is 10.8 Å². The number of carboxylic acids is 1. The number of thiazole rings is 1. The van der Waals surface area contributed by atoms with Crippen molar-refractivity contribution < 1.29 is 18.3 Å². The lowest BCUT2D eigenvalue weighted by atomic mass is 10.0. The van der Waals surface area contributed by atoms with Crippen LogP contribution in [0.1, 0.15) is 15.4 Å². The van der Waals surface area contributed by atoms with Gasteiger partial charge in [0.1, 0.15) is 5.01 Å². The Kier molecular flexibility index (Phi) is 7.94. The predicted octanol–water partition coefficient (Wildman–Crippen LogP) is 3.64. The Morgan fingerprint density at radius 1 is 1.07 bits per heavy atom. The first-order chi connectivity index (χ1) is 11.9. The molecule has 0 unspecified atom stereocenters. The molecule has 0 bridgehead atoms. The maximum absolute atomic E-state index is 12.8. The lowest BCUT2D eigenvalue weighted by Gasteiger charge is -2.08. The van der Waals surface area contributed by atoms with Crippen LogP contribution in [0.3, 0.4) is 0 Å². The number of hydrogen-bond acceptors (Lipinski definition) is 6. The number of halogens is 2. The molecule has 0 amide bonds. The molecule has 6 nitrogen and oxygen atoms in total. The van der Waals surface area contributed by atoms with Crippen molar-refractivity contribution in [2.45, 2.75) is 16.5 Å². The molecule has 0 fully saturated rings. The van der Waals surface area contributed by atoms with Gasteiger partial charge in [0.15, 0.2) is 5.03 Å². The molecule has 0 saturated heterocycles. The van der Waals surface area contributed by atoms with Crippen molar-refractivity contribution in [2.24, 2.45) is 5.73 Å². The number of nitrogens with two attached hydrogens (primary N) is 1. The summed E-state index contributed by atoms with van der Waals surface area (Å²) in [6, 6.07) is 13.0. The van der Waals surface area contributed by atoms with E-state index in [9.17, 15) is 18.3 Å². The third kappa shape index (κ3) is 4.85. The van der Waals surface area contributed by atoms with Crippen molar-refractivity contribution in [3.63, 3.8) is 0 Å². The van der Waals surface area contributed by atoms with Crippen molar-refractivity contribution in [2.75, 3.05) is 0 Å². The number of benzene rings is 2. The van der Waals surface area contributed by atoms with E-state index < -0.39 is 15.8 Å². The van der Waals surface area contributed by atoms with Gasteiger partial charge in [-0.3, -0.25) is 0 Å². The molecule has 27 heavy (non-hydrogen) atoms. The molecule has 0 aliphatic rings. The zero-order valence-electron chi connectivity index (χ0n) is 13.7. The van der Waals surface area contributed by atoms with Crippen LogP contribution in [-0.2, 0) is 16.4 Å². The van der Waals surface area contributed by atoms with E-state index in [-0.39, 0.29) is 46.8 Å². The fraction of sp³-hybridized carbons (Fsp3) is 0.0588. The summed E-state index contributed by atoms with van der Waals surface area (Å²) in [6.45, 7) is 0.143. The lowest BCUT2D eigenvalue weighted by molar-refractivity contribution is 0.0696. The first kappa shape index (κ1) is 23.1. The average molecular weight is 447 g/mol. The van der Waals surface area contributed by atoms with E-state index in [0.29, 0.717) is 10.6 Å². The van der Waals surface area contributed by atoms with Gasteiger partial charge in [0, 0.05) is 11.9 Å².